The lowest BCUT2D eigenvalue weighted by molar-refractivity contribution is 0.1000. The molecule has 2 aromatic carbocycles. The molecule has 0 atom stereocenters. The van der Waals surface area contributed by atoms with E-state index in [4.69, 9.17) is 5.73 Å². The van der Waals surface area contributed by atoms with Crippen LogP contribution in [-0.4, -0.2) is 5.91 Å². The number of nitrogens with two attached hydrogens (primary N) is 1. The summed E-state index contributed by atoms with van der Waals surface area (Å²) in [5.41, 5.74) is 11.7. The van der Waals surface area contributed by atoms with Gasteiger partial charge in [0.2, 0.25) is 5.91 Å². The van der Waals surface area contributed by atoms with Crippen LogP contribution in [0.25, 0.3) is 0 Å². The Morgan fingerprint density at radius 2 is 1.80 bits per heavy atom. The summed E-state index contributed by atoms with van der Waals surface area (Å²) in [5.74, 6) is -0.394. The van der Waals surface area contributed by atoms with Crippen molar-refractivity contribution in [1.29, 1.82) is 0 Å². The first-order chi connectivity index (χ1) is 9.47. The van der Waals surface area contributed by atoms with Crippen LogP contribution in [0.15, 0.2) is 36.4 Å². The lowest BCUT2D eigenvalue weighted by Crippen LogP contribution is -2.11. The number of primary amides is 1. The molecule has 0 aliphatic carbocycles. The Bertz CT molecular complexity index is 647. The Kier molecular flexibility index (Phi) is 4.08. The highest BCUT2D eigenvalue weighted by atomic mass is 16.1. The van der Waals surface area contributed by atoms with Gasteiger partial charge in [-0.15, -0.1) is 0 Å². The highest BCUT2D eigenvalue weighted by molar-refractivity contribution is 5.93. The van der Waals surface area contributed by atoms with Crippen molar-refractivity contribution in [2.24, 2.45) is 5.73 Å². The highest BCUT2D eigenvalue weighted by Crippen LogP contribution is 2.18. The number of carbonyl (C=O) groups excluding carboxylic acids is 1. The van der Waals surface area contributed by atoms with Gasteiger partial charge < -0.3 is 11.1 Å². The van der Waals surface area contributed by atoms with Crippen LogP contribution in [0.3, 0.4) is 0 Å². The summed E-state index contributed by atoms with van der Waals surface area (Å²) in [6, 6.07) is 11.9. The minimum atomic E-state index is -0.394. The van der Waals surface area contributed by atoms with Crippen molar-refractivity contribution in [3.05, 3.63) is 64.2 Å². The van der Waals surface area contributed by atoms with Crippen molar-refractivity contribution in [3.8, 4) is 0 Å². The normalized spacial score (nSPS) is 10.3. The summed E-state index contributed by atoms with van der Waals surface area (Å²) < 4.78 is 0. The van der Waals surface area contributed by atoms with Crippen molar-refractivity contribution in [2.45, 2.75) is 27.3 Å². The van der Waals surface area contributed by atoms with Gasteiger partial charge in [0.25, 0.3) is 0 Å². The van der Waals surface area contributed by atoms with Crippen LogP contribution in [0.2, 0.25) is 0 Å². The van der Waals surface area contributed by atoms with Crippen LogP contribution in [0, 0.1) is 20.8 Å². The predicted octanol–water partition coefficient (Wildman–Crippen LogP) is 3.32. The molecule has 3 heteroatoms. The van der Waals surface area contributed by atoms with Crippen molar-refractivity contribution < 1.29 is 4.79 Å². The van der Waals surface area contributed by atoms with Crippen molar-refractivity contribution in [1.82, 2.24) is 0 Å². The lowest BCUT2D eigenvalue weighted by atomic mass is 10.1. The molecule has 3 nitrogen and oxygen atoms in total. The van der Waals surface area contributed by atoms with Gasteiger partial charge in [-0.05, 0) is 55.7 Å². The Morgan fingerprint density at radius 1 is 1.05 bits per heavy atom. The van der Waals surface area contributed by atoms with E-state index in [1.54, 1.807) is 6.07 Å². The van der Waals surface area contributed by atoms with Crippen LogP contribution in [0.1, 0.15) is 32.6 Å². The molecule has 0 aliphatic rings. The van der Waals surface area contributed by atoms with Gasteiger partial charge in [-0.2, -0.15) is 0 Å². The van der Waals surface area contributed by atoms with Crippen LogP contribution >= 0.6 is 0 Å². The molecular weight excluding hydrogens is 248 g/mol. The zero-order valence-corrected chi connectivity index (χ0v) is 12.2. The van der Waals surface area contributed by atoms with Crippen LogP contribution < -0.4 is 11.1 Å². The first-order valence-corrected chi connectivity index (χ1v) is 6.68. The van der Waals surface area contributed by atoms with E-state index in [0.717, 1.165) is 17.8 Å². The van der Waals surface area contributed by atoms with E-state index < -0.39 is 5.91 Å². The molecule has 0 unspecified atom stereocenters. The van der Waals surface area contributed by atoms with E-state index in [-0.39, 0.29) is 0 Å². The average molecular weight is 268 g/mol. The van der Waals surface area contributed by atoms with Gasteiger partial charge in [-0.25, -0.2) is 0 Å². The quantitative estimate of drug-likeness (QED) is 0.893. The molecule has 0 heterocycles. The summed E-state index contributed by atoms with van der Waals surface area (Å²) in [4.78, 5) is 11.1. The van der Waals surface area contributed by atoms with Crippen LogP contribution in [-0.2, 0) is 6.54 Å². The number of aryl methyl sites for hydroxylation is 3. The Hall–Kier alpha value is -2.29. The third-order valence-electron chi connectivity index (χ3n) is 3.48. The number of benzene rings is 2. The molecule has 2 rings (SSSR count). The number of rotatable bonds is 4. The summed E-state index contributed by atoms with van der Waals surface area (Å²) in [6.07, 6.45) is 0. The second kappa shape index (κ2) is 5.78. The number of hydrogen-bond donors (Lipinski definition) is 2. The third-order valence-corrected chi connectivity index (χ3v) is 3.48. The van der Waals surface area contributed by atoms with Gasteiger partial charge in [0, 0.05) is 17.8 Å². The first-order valence-electron chi connectivity index (χ1n) is 6.68. The monoisotopic (exact) mass is 268 g/mol. The molecule has 0 radical (unpaired) electrons. The van der Waals surface area contributed by atoms with Gasteiger partial charge >= 0.3 is 0 Å². The SMILES string of the molecule is Cc1ccc(CNc2ccc(C(N)=O)cc2C)c(C)c1. The summed E-state index contributed by atoms with van der Waals surface area (Å²) in [5, 5.41) is 3.40. The van der Waals surface area contributed by atoms with Crippen molar-refractivity contribution in [3.63, 3.8) is 0 Å². The molecule has 0 fully saturated rings. The van der Waals surface area contributed by atoms with Gasteiger partial charge in [-0.3, -0.25) is 4.79 Å². The molecule has 2 aromatic rings. The minimum absolute atomic E-state index is 0.394. The summed E-state index contributed by atoms with van der Waals surface area (Å²) in [6.45, 7) is 6.95. The predicted molar refractivity (Wildman–Crippen MR) is 82.9 cm³/mol. The summed E-state index contributed by atoms with van der Waals surface area (Å²) >= 11 is 0. The Balaban J connectivity index is 2.13. The van der Waals surface area contributed by atoms with Gasteiger partial charge in [0.15, 0.2) is 0 Å². The Labute approximate surface area is 119 Å². The first kappa shape index (κ1) is 14.1. The fourth-order valence-corrected chi connectivity index (χ4v) is 2.25. The van der Waals surface area contributed by atoms with Crippen molar-refractivity contribution in [2.75, 3.05) is 5.32 Å². The molecular formula is C17H20N2O. The highest BCUT2D eigenvalue weighted by Gasteiger charge is 2.05. The van der Waals surface area contributed by atoms with E-state index in [2.05, 4.69) is 37.4 Å². The molecule has 0 saturated carbocycles. The Morgan fingerprint density at radius 3 is 2.40 bits per heavy atom. The van der Waals surface area contributed by atoms with E-state index in [0.29, 0.717) is 5.56 Å². The molecule has 0 bridgehead atoms. The molecule has 20 heavy (non-hydrogen) atoms. The zero-order valence-electron chi connectivity index (χ0n) is 12.2. The van der Waals surface area contributed by atoms with Gasteiger partial charge in [-0.1, -0.05) is 23.8 Å². The average Bonchev–Trinajstić information content (AvgIpc) is 2.38. The van der Waals surface area contributed by atoms with E-state index in [1.165, 1.54) is 16.7 Å². The number of hydrogen-bond acceptors (Lipinski definition) is 2. The van der Waals surface area contributed by atoms with Gasteiger partial charge in [0.1, 0.15) is 0 Å². The number of anilines is 1. The van der Waals surface area contributed by atoms with E-state index >= 15 is 0 Å². The number of amides is 1. The van der Waals surface area contributed by atoms with Crippen molar-refractivity contribution >= 4 is 11.6 Å². The standard InChI is InChI=1S/C17H20N2O/c1-11-4-5-15(12(2)8-11)10-19-16-7-6-14(17(18)20)9-13(16)3/h4-9,19H,10H2,1-3H3,(H2,18,20). The lowest BCUT2D eigenvalue weighted by Gasteiger charge is -2.12. The van der Waals surface area contributed by atoms with Gasteiger partial charge in [0.05, 0.1) is 0 Å². The molecule has 0 aliphatic heterocycles. The number of nitrogens with one attached hydrogen (secondary N) is 1. The fraction of sp³-hybridized carbons (Fsp3) is 0.235. The number of carbonyl (C=O) groups is 1. The molecule has 3 N–H and O–H groups in total. The molecule has 104 valence electrons. The third kappa shape index (κ3) is 3.18. The second-order valence-electron chi connectivity index (χ2n) is 5.18. The molecule has 0 aromatic heterocycles. The molecule has 0 saturated heterocycles. The minimum Gasteiger partial charge on any atom is -0.381 e. The zero-order chi connectivity index (χ0) is 14.7. The topological polar surface area (TPSA) is 55.1 Å². The second-order valence-corrected chi connectivity index (χ2v) is 5.18. The maximum atomic E-state index is 11.1. The smallest absolute Gasteiger partial charge is 0.248 e. The fourth-order valence-electron chi connectivity index (χ4n) is 2.25. The van der Waals surface area contributed by atoms with Crippen LogP contribution in [0.4, 0.5) is 5.69 Å². The van der Waals surface area contributed by atoms with Crippen LogP contribution in [0.5, 0.6) is 0 Å². The summed E-state index contributed by atoms with van der Waals surface area (Å²) in [7, 11) is 0. The maximum absolute atomic E-state index is 11.1. The molecule has 0 spiro atoms. The molecule has 1 amide bonds. The van der Waals surface area contributed by atoms with E-state index in [1.807, 2.05) is 19.1 Å². The van der Waals surface area contributed by atoms with E-state index in [9.17, 15) is 4.79 Å². The maximum Gasteiger partial charge on any atom is 0.248 e. The largest absolute Gasteiger partial charge is 0.381 e.